The minimum absolute atomic E-state index is 0.0345. The first-order valence-corrected chi connectivity index (χ1v) is 13.4. The standard InChI is InChI=1S/C25H28N6O3S/c1-25(2,3)22-14-23(31(28-22)19-12-13-35(33,34)16-19)26-24(32)18-10-8-17(9-11-18)15-30-21-7-5-4-6-20(21)27-29-30/h4-11,14,19H,12-13,15-16H2,1-3H3,(H,26,32). The van der Waals surface area contributed by atoms with Crippen LogP contribution in [0.4, 0.5) is 5.82 Å². The highest BCUT2D eigenvalue weighted by Gasteiger charge is 2.33. The number of anilines is 1. The number of para-hydroxylation sites is 1. The van der Waals surface area contributed by atoms with Crippen molar-refractivity contribution >= 4 is 32.6 Å². The molecule has 35 heavy (non-hydrogen) atoms. The van der Waals surface area contributed by atoms with Crippen LogP contribution in [-0.2, 0) is 21.8 Å². The summed E-state index contributed by atoms with van der Waals surface area (Å²) in [6.07, 6.45) is 0.488. The molecule has 1 unspecified atom stereocenters. The number of nitrogens with zero attached hydrogens (tertiary/aromatic N) is 5. The maximum atomic E-state index is 13.1. The Bertz CT molecular complexity index is 1500. The number of fused-ring (bicyclic) bond motifs is 1. The van der Waals surface area contributed by atoms with E-state index in [-0.39, 0.29) is 28.9 Å². The maximum Gasteiger partial charge on any atom is 0.256 e. The number of aromatic nitrogens is 5. The van der Waals surface area contributed by atoms with E-state index in [1.165, 1.54) is 0 Å². The van der Waals surface area contributed by atoms with E-state index in [1.807, 2.05) is 67.9 Å². The number of benzene rings is 2. The van der Waals surface area contributed by atoms with Crippen molar-refractivity contribution in [3.8, 4) is 0 Å². The van der Waals surface area contributed by atoms with Crippen molar-refractivity contribution in [1.29, 1.82) is 0 Å². The van der Waals surface area contributed by atoms with Crippen molar-refractivity contribution in [2.24, 2.45) is 0 Å². The quantitative estimate of drug-likeness (QED) is 0.456. The molecule has 0 spiro atoms. The lowest BCUT2D eigenvalue weighted by Gasteiger charge is -2.15. The molecule has 0 saturated carbocycles. The van der Waals surface area contributed by atoms with Gasteiger partial charge in [0, 0.05) is 17.0 Å². The van der Waals surface area contributed by atoms with Crippen LogP contribution < -0.4 is 5.32 Å². The highest BCUT2D eigenvalue weighted by molar-refractivity contribution is 7.91. The summed E-state index contributed by atoms with van der Waals surface area (Å²) in [5.41, 5.74) is 3.84. The second-order valence-electron chi connectivity index (χ2n) is 10.1. The predicted octanol–water partition coefficient (Wildman–Crippen LogP) is 3.59. The number of hydrogen-bond donors (Lipinski definition) is 1. The highest BCUT2D eigenvalue weighted by atomic mass is 32.2. The van der Waals surface area contributed by atoms with Gasteiger partial charge in [-0.15, -0.1) is 5.10 Å². The average molecular weight is 493 g/mol. The van der Waals surface area contributed by atoms with E-state index in [0.717, 1.165) is 22.3 Å². The van der Waals surface area contributed by atoms with Gasteiger partial charge in [0.05, 0.1) is 35.3 Å². The Labute approximate surface area is 204 Å². The first-order valence-electron chi connectivity index (χ1n) is 11.6. The summed E-state index contributed by atoms with van der Waals surface area (Å²) >= 11 is 0. The molecular weight excluding hydrogens is 464 g/mol. The van der Waals surface area contributed by atoms with E-state index in [2.05, 4.69) is 20.7 Å². The predicted molar refractivity (Wildman–Crippen MR) is 134 cm³/mol. The number of sulfone groups is 1. The Morgan fingerprint density at radius 1 is 1.11 bits per heavy atom. The highest BCUT2D eigenvalue weighted by Crippen LogP contribution is 2.31. The molecule has 0 aliphatic carbocycles. The van der Waals surface area contributed by atoms with Crippen molar-refractivity contribution in [3.05, 3.63) is 71.4 Å². The second kappa shape index (κ2) is 8.60. The van der Waals surface area contributed by atoms with Gasteiger partial charge in [0.25, 0.3) is 5.91 Å². The molecule has 3 heterocycles. The Morgan fingerprint density at radius 2 is 1.86 bits per heavy atom. The van der Waals surface area contributed by atoms with Crippen molar-refractivity contribution in [1.82, 2.24) is 24.8 Å². The third-order valence-corrected chi connectivity index (χ3v) is 8.02. The van der Waals surface area contributed by atoms with Crippen molar-refractivity contribution in [2.75, 3.05) is 16.8 Å². The molecular formula is C25H28N6O3S. The zero-order valence-electron chi connectivity index (χ0n) is 20.0. The first-order chi connectivity index (χ1) is 16.6. The third-order valence-electron chi connectivity index (χ3n) is 6.27. The Balaban J connectivity index is 1.35. The van der Waals surface area contributed by atoms with E-state index >= 15 is 0 Å². The lowest BCUT2D eigenvalue weighted by atomic mass is 9.92. The second-order valence-corrected chi connectivity index (χ2v) is 12.3. The summed E-state index contributed by atoms with van der Waals surface area (Å²) in [5.74, 6) is 0.413. The molecule has 2 aromatic heterocycles. The van der Waals surface area contributed by atoms with Crippen LogP contribution in [0.15, 0.2) is 54.6 Å². The van der Waals surface area contributed by atoms with E-state index in [4.69, 9.17) is 0 Å². The number of carbonyl (C=O) groups is 1. The molecule has 10 heteroatoms. The molecule has 1 saturated heterocycles. The van der Waals surface area contributed by atoms with Crippen LogP contribution in [-0.4, -0.2) is 50.6 Å². The van der Waals surface area contributed by atoms with Gasteiger partial charge in [-0.1, -0.05) is 50.3 Å². The lowest BCUT2D eigenvalue weighted by molar-refractivity contribution is 0.102. The molecule has 182 valence electrons. The van der Waals surface area contributed by atoms with Gasteiger partial charge in [0.15, 0.2) is 9.84 Å². The van der Waals surface area contributed by atoms with Crippen molar-refractivity contribution < 1.29 is 13.2 Å². The topological polar surface area (TPSA) is 112 Å². The molecule has 4 aromatic rings. The van der Waals surface area contributed by atoms with Gasteiger partial charge in [-0.05, 0) is 36.2 Å². The van der Waals surface area contributed by atoms with Crippen LogP contribution in [0.5, 0.6) is 0 Å². The summed E-state index contributed by atoms with van der Waals surface area (Å²) in [7, 11) is -3.09. The number of amides is 1. The molecule has 1 fully saturated rings. The van der Waals surface area contributed by atoms with Crippen LogP contribution in [0.25, 0.3) is 11.0 Å². The number of hydrogen-bond acceptors (Lipinski definition) is 6. The first kappa shape index (κ1) is 23.2. The molecule has 1 atom stereocenters. The van der Waals surface area contributed by atoms with Crippen molar-refractivity contribution in [2.45, 2.75) is 45.2 Å². The van der Waals surface area contributed by atoms with E-state index < -0.39 is 9.84 Å². The average Bonchev–Trinajstić information content (AvgIpc) is 3.51. The minimum atomic E-state index is -3.09. The molecule has 5 rings (SSSR count). The fraction of sp³-hybridized carbons (Fsp3) is 0.360. The van der Waals surface area contributed by atoms with Crippen LogP contribution in [0, 0.1) is 0 Å². The summed E-state index contributed by atoms with van der Waals surface area (Å²) in [5, 5.41) is 16.0. The van der Waals surface area contributed by atoms with E-state index in [1.54, 1.807) is 16.8 Å². The van der Waals surface area contributed by atoms with Crippen LogP contribution >= 0.6 is 0 Å². The zero-order chi connectivity index (χ0) is 24.8. The molecule has 0 radical (unpaired) electrons. The van der Waals surface area contributed by atoms with Gasteiger partial charge >= 0.3 is 0 Å². The fourth-order valence-corrected chi connectivity index (χ4v) is 5.95. The molecule has 1 aliphatic rings. The molecule has 1 N–H and O–H groups in total. The van der Waals surface area contributed by atoms with Gasteiger partial charge < -0.3 is 5.32 Å². The monoisotopic (exact) mass is 492 g/mol. The minimum Gasteiger partial charge on any atom is -0.307 e. The van der Waals surface area contributed by atoms with E-state index in [9.17, 15) is 13.2 Å². The Hall–Kier alpha value is -3.53. The SMILES string of the molecule is CC(C)(C)c1cc(NC(=O)c2ccc(Cn3nnc4ccccc43)cc2)n(C2CCS(=O)(=O)C2)n1. The molecule has 2 aromatic carbocycles. The molecule has 1 amide bonds. The summed E-state index contributed by atoms with van der Waals surface area (Å²) < 4.78 is 27.6. The summed E-state index contributed by atoms with van der Waals surface area (Å²) in [4.78, 5) is 13.1. The smallest absolute Gasteiger partial charge is 0.256 e. The molecule has 1 aliphatic heterocycles. The lowest BCUT2D eigenvalue weighted by Crippen LogP contribution is -2.20. The van der Waals surface area contributed by atoms with E-state index in [0.29, 0.717) is 24.3 Å². The fourth-order valence-electron chi connectivity index (χ4n) is 4.26. The van der Waals surface area contributed by atoms with Gasteiger partial charge in [0.2, 0.25) is 0 Å². The van der Waals surface area contributed by atoms with Gasteiger partial charge in [-0.3, -0.25) is 4.79 Å². The maximum absolute atomic E-state index is 13.1. The van der Waals surface area contributed by atoms with Gasteiger partial charge in [0.1, 0.15) is 11.3 Å². The molecule has 9 nitrogen and oxygen atoms in total. The van der Waals surface area contributed by atoms with Gasteiger partial charge in [-0.25, -0.2) is 17.8 Å². The van der Waals surface area contributed by atoms with Crippen LogP contribution in [0.1, 0.15) is 54.8 Å². The number of nitrogens with one attached hydrogen (secondary N) is 1. The van der Waals surface area contributed by atoms with Crippen LogP contribution in [0.2, 0.25) is 0 Å². The zero-order valence-corrected chi connectivity index (χ0v) is 20.8. The van der Waals surface area contributed by atoms with Gasteiger partial charge in [-0.2, -0.15) is 5.10 Å². The van der Waals surface area contributed by atoms with Crippen LogP contribution in [0.3, 0.4) is 0 Å². The number of carbonyl (C=O) groups excluding carboxylic acids is 1. The Morgan fingerprint density at radius 3 is 2.54 bits per heavy atom. The van der Waals surface area contributed by atoms with Crippen molar-refractivity contribution in [3.63, 3.8) is 0 Å². The normalized spacial score (nSPS) is 17.6. The summed E-state index contributed by atoms with van der Waals surface area (Å²) in [6.45, 7) is 6.65. The summed E-state index contributed by atoms with van der Waals surface area (Å²) in [6, 6.07) is 16.7. The largest absolute Gasteiger partial charge is 0.307 e. The third kappa shape index (κ3) is 4.84. The molecule has 0 bridgehead atoms. The Kier molecular flexibility index (Phi) is 5.71. The number of rotatable bonds is 5.